The third-order valence-corrected chi connectivity index (χ3v) is 7.94. The highest BCUT2D eigenvalue weighted by molar-refractivity contribution is 5.54. The standard InChI is InChI=1S/C25H41N5/c1-2-8-17-29(16-7-1)24-22-14-10-15-23(22)27-25(28-24)26-20-11-6-9-18-30(19-20)21-12-4-3-5-13-21/h20-21H,1-19H2,(H,26,27,28)/t20-/m1/s1. The molecular formula is C25H41N5. The van der Waals surface area contributed by atoms with Crippen LogP contribution in [0, 0.1) is 0 Å². The van der Waals surface area contributed by atoms with E-state index in [1.165, 1.54) is 133 Å². The number of aryl methyl sites for hydroxylation is 1. The summed E-state index contributed by atoms with van der Waals surface area (Å²) in [5, 5.41) is 3.82. The first kappa shape index (κ1) is 20.5. The van der Waals surface area contributed by atoms with Crippen LogP contribution in [-0.2, 0) is 12.8 Å². The molecule has 0 spiro atoms. The summed E-state index contributed by atoms with van der Waals surface area (Å²) in [7, 11) is 0. The molecule has 1 aromatic heterocycles. The normalized spacial score (nSPS) is 26.8. The van der Waals surface area contributed by atoms with E-state index < -0.39 is 0 Å². The molecule has 0 aromatic carbocycles. The molecule has 0 bridgehead atoms. The molecule has 4 aliphatic rings. The zero-order chi connectivity index (χ0) is 20.2. The molecule has 0 unspecified atom stereocenters. The highest BCUT2D eigenvalue weighted by Gasteiger charge is 2.28. The van der Waals surface area contributed by atoms with Gasteiger partial charge in [-0.05, 0) is 64.3 Å². The van der Waals surface area contributed by atoms with E-state index in [2.05, 4.69) is 15.1 Å². The van der Waals surface area contributed by atoms with E-state index in [4.69, 9.17) is 9.97 Å². The summed E-state index contributed by atoms with van der Waals surface area (Å²) in [5.41, 5.74) is 2.77. The SMILES string of the molecule is C1CCC(N2CCCC[C@@H](Nc3nc4c(c(N5CCCCCC5)n3)CCC4)C2)CC1. The molecule has 2 aliphatic heterocycles. The van der Waals surface area contributed by atoms with Crippen molar-refractivity contribution in [3.05, 3.63) is 11.3 Å². The Labute approximate surface area is 183 Å². The van der Waals surface area contributed by atoms with Gasteiger partial charge >= 0.3 is 0 Å². The second-order valence-corrected chi connectivity index (χ2v) is 10.2. The maximum atomic E-state index is 5.16. The molecule has 3 heterocycles. The molecule has 166 valence electrons. The van der Waals surface area contributed by atoms with Crippen LogP contribution >= 0.6 is 0 Å². The zero-order valence-corrected chi connectivity index (χ0v) is 18.9. The van der Waals surface area contributed by atoms with E-state index in [0.29, 0.717) is 6.04 Å². The Bertz CT molecular complexity index is 691. The molecule has 5 rings (SSSR count). The van der Waals surface area contributed by atoms with Gasteiger partial charge in [-0.1, -0.05) is 38.5 Å². The third kappa shape index (κ3) is 4.76. The van der Waals surface area contributed by atoms with E-state index in [-0.39, 0.29) is 0 Å². The summed E-state index contributed by atoms with van der Waals surface area (Å²) in [6.07, 6.45) is 19.9. The lowest BCUT2D eigenvalue weighted by Gasteiger charge is -2.35. The number of nitrogens with zero attached hydrogens (tertiary/aromatic N) is 4. The molecule has 2 saturated heterocycles. The van der Waals surface area contributed by atoms with Gasteiger partial charge in [0.15, 0.2) is 0 Å². The molecule has 1 aromatic rings. The zero-order valence-electron chi connectivity index (χ0n) is 18.9. The molecule has 0 amide bonds. The average molecular weight is 412 g/mol. The van der Waals surface area contributed by atoms with Gasteiger partial charge in [-0.2, -0.15) is 4.98 Å². The molecule has 3 fully saturated rings. The van der Waals surface area contributed by atoms with Crippen LogP contribution in [0.15, 0.2) is 0 Å². The third-order valence-electron chi connectivity index (χ3n) is 7.94. The van der Waals surface area contributed by atoms with E-state index in [1.807, 2.05) is 0 Å². The summed E-state index contributed by atoms with van der Waals surface area (Å²) in [6, 6.07) is 1.31. The van der Waals surface area contributed by atoms with Gasteiger partial charge in [0, 0.05) is 37.3 Å². The van der Waals surface area contributed by atoms with Crippen LogP contribution in [0.25, 0.3) is 0 Å². The first-order valence-corrected chi connectivity index (χ1v) is 13.0. The number of hydrogen-bond acceptors (Lipinski definition) is 5. The summed E-state index contributed by atoms with van der Waals surface area (Å²) < 4.78 is 0. The van der Waals surface area contributed by atoms with Crippen molar-refractivity contribution in [2.24, 2.45) is 0 Å². The molecular weight excluding hydrogens is 370 g/mol. The molecule has 30 heavy (non-hydrogen) atoms. The summed E-state index contributed by atoms with van der Waals surface area (Å²) in [4.78, 5) is 15.6. The Morgan fingerprint density at radius 3 is 2.27 bits per heavy atom. The Kier molecular flexibility index (Phi) is 6.74. The van der Waals surface area contributed by atoms with Gasteiger partial charge in [-0.15, -0.1) is 0 Å². The van der Waals surface area contributed by atoms with Crippen molar-refractivity contribution in [3.8, 4) is 0 Å². The minimum atomic E-state index is 0.492. The van der Waals surface area contributed by atoms with Crippen molar-refractivity contribution < 1.29 is 0 Å². The fourth-order valence-electron chi connectivity index (χ4n) is 6.27. The second kappa shape index (κ2) is 9.84. The predicted octanol–water partition coefficient (Wildman–Crippen LogP) is 4.94. The Balaban J connectivity index is 1.32. The molecule has 5 nitrogen and oxygen atoms in total. The first-order chi connectivity index (χ1) is 14.9. The molecule has 0 radical (unpaired) electrons. The number of likely N-dealkylation sites (tertiary alicyclic amines) is 1. The van der Waals surface area contributed by atoms with Crippen molar-refractivity contribution >= 4 is 11.8 Å². The molecule has 5 heteroatoms. The second-order valence-electron chi connectivity index (χ2n) is 10.2. The molecule has 1 saturated carbocycles. The van der Waals surface area contributed by atoms with Crippen LogP contribution in [0.1, 0.15) is 94.7 Å². The summed E-state index contributed by atoms with van der Waals surface area (Å²) in [5.74, 6) is 2.17. The van der Waals surface area contributed by atoms with Gasteiger partial charge in [0.1, 0.15) is 5.82 Å². The largest absolute Gasteiger partial charge is 0.356 e. The first-order valence-electron chi connectivity index (χ1n) is 13.0. The van der Waals surface area contributed by atoms with E-state index in [1.54, 1.807) is 0 Å². The van der Waals surface area contributed by atoms with Crippen molar-refractivity contribution in [2.45, 2.75) is 108 Å². The Morgan fingerprint density at radius 2 is 1.43 bits per heavy atom. The van der Waals surface area contributed by atoms with Gasteiger partial charge in [-0.3, -0.25) is 4.90 Å². The van der Waals surface area contributed by atoms with Crippen LogP contribution in [-0.4, -0.2) is 53.1 Å². The summed E-state index contributed by atoms with van der Waals surface area (Å²) in [6.45, 7) is 4.79. The fraction of sp³-hybridized carbons (Fsp3) is 0.840. The predicted molar refractivity (Wildman–Crippen MR) is 124 cm³/mol. The minimum absolute atomic E-state index is 0.492. The fourth-order valence-corrected chi connectivity index (χ4v) is 6.27. The highest BCUT2D eigenvalue weighted by Crippen LogP contribution is 2.32. The minimum Gasteiger partial charge on any atom is -0.356 e. The van der Waals surface area contributed by atoms with Gasteiger partial charge < -0.3 is 10.2 Å². The monoisotopic (exact) mass is 411 g/mol. The maximum Gasteiger partial charge on any atom is 0.225 e. The van der Waals surface area contributed by atoms with Crippen molar-refractivity contribution in [2.75, 3.05) is 36.4 Å². The van der Waals surface area contributed by atoms with Crippen LogP contribution in [0.4, 0.5) is 11.8 Å². The average Bonchev–Trinajstić information content (AvgIpc) is 2.96. The maximum absolute atomic E-state index is 5.16. The highest BCUT2D eigenvalue weighted by atomic mass is 15.3. The molecule has 2 aliphatic carbocycles. The van der Waals surface area contributed by atoms with E-state index in [0.717, 1.165) is 18.4 Å². The van der Waals surface area contributed by atoms with Gasteiger partial charge in [0.25, 0.3) is 0 Å². The Hall–Kier alpha value is -1.36. The number of aromatic nitrogens is 2. The number of rotatable bonds is 4. The van der Waals surface area contributed by atoms with Crippen LogP contribution < -0.4 is 10.2 Å². The van der Waals surface area contributed by atoms with Crippen molar-refractivity contribution in [1.29, 1.82) is 0 Å². The van der Waals surface area contributed by atoms with Crippen LogP contribution in [0.5, 0.6) is 0 Å². The Morgan fingerprint density at radius 1 is 0.700 bits per heavy atom. The lowest BCUT2D eigenvalue weighted by atomic mass is 9.94. The van der Waals surface area contributed by atoms with Crippen LogP contribution in [0.2, 0.25) is 0 Å². The summed E-state index contributed by atoms with van der Waals surface area (Å²) >= 11 is 0. The van der Waals surface area contributed by atoms with Crippen molar-refractivity contribution in [3.63, 3.8) is 0 Å². The molecule has 1 N–H and O–H groups in total. The van der Waals surface area contributed by atoms with Crippen molar-refractivity contribution in [1.82, 2.24) is 14.9 Å². The van der Waals surface area contributed by atoms with E-state index >= 15 is 0 Å². The van der Waals surface area contributed by atoms with E-state index in [9.17, 15) is 0 Å². The number of fused-ring (bicyclic) bond motifs is 1. The number of anilines is 2. The van der Waals surface area contributed by atoms with Gasteiger partial charge in [0.05, 0.1) is 5.69 Å². The quantitative estimate of drug-likeness (QED) is 0.760. The lowest BCUT2D eigenvalue weighted by Crippen LogP contribution is -2.43. The number of hydrogen-bond donors (Lipinski definition) is 1. The lowest BCUT2D eigenvalue weighted by molar-refractivity contribution is 0.158. The van der Waals surface area contributed by atoms with Gasteiger partial charge in [0.2, 0.25) is 5.95 Å². The van der Waals surface area contributed by atoms with Crippen LogP contribution in [0.3, 0.4) is 0 Å². The molecule has 1 atom stereocenters. The van der Waals surface area contributed by atoms with Gasteiger partial charge in [-0.25, -0.2) is 4.98 Å². The number of nitrogens with one attached hydrogen (secondary N) is 1. The smallest absolute Gasteiger partial charge is 0.225 e. The topological polar surface area (TPSA) is 44.3 Å².